The van der Waals surface area contributed by atoms with E-state index in [-0.39, 0.29) is 12.5 Å². The van der Waals surface area contributed by atoms with Gasteiger partial charge in [-0.25, -0.2) is 9.59 Å². The van der Waals surface area contributed by atoms with Crippen LogP contribution in [0.5, 0.6) is 0 Å². The second-order valence-electron chi connectivity index (χ2n) is 13.0. The van der Waals surface area contributed by atoms with Crippen LogP contribution in [0.15, 0.2) is 48.5 Å². The van der Waals surface area contributed by atoms with E-state index in [1.54, 1.807) is 20.8 Å². The second kappa shape index (κ2) is 16.2. The number of hydrogen-bond acceptors (Lipinski definition) is 13. The third kappa shape index (κ3) is 9.80. The van der Waals surface area contributed by atoms with E-state index in [2.05, 4.69) is 5.32 Å². The third-order valence-electron chi connectivity index (χ3n) is 7.88. The van der Waals surface area contributed by atoms with Crippen molar-refractivity contribution in [1.82, 2.24) is 5.32 Å². The van der Waals surface area contributed by atoms with E-state index in [1.165, 1.54) is 0 Å². The SMILES string of the molecule is CC(=O)OC[C@H]1O[C@@H](CC(NC(=O)OCC2c3ccccc3-c3ccccc32)C(=O)OC(C)(C)C)[C@H](OC(C)=O)[C@@H](OC(C)=O)[C@@H]1OC(C)=O. The Bertz CT molecular complexity index is 1550. The van der Waals surface area contributed by atoms with Gasteiger partial charge in [-0.1, -0.05) is 48.5 Å². The van der Waals surface area contributed by atoms with Gasteiger partial charge in [-0.2, -0.15) is 0 Å². The molecule has 1 saturated heterocycles. The van der Waals surface area contributed by atoms with Gasteiger partial charge in [-0.05, 0) is 43.0 Å². The van der Waals surface area contributed by atoms with Crippen molar-refractivity contribution in [3.05, 3.63) is 59.7 Å². The lowest BCUT2D eigenvalue weighted by atomic mass is 9.90. The largest absolute Gasteiger partial charge is 0.463 e. The van der Waals surface area contributed by atoms with Gasteiger partial charge in [0.1, 0.15) is 37.1 Å². The van der Waals surface area contributed by atoms with Gasteiger partial charge in [0.25, 0.3) is 0 Å². The van der Waals surface area contributed by atoms with Gasteiger partial charge in [0.05, 0.1) is 0 Å². The molecule has 0 saturated carbocycles. The van der Waals surface area contributed by atoms with E-state index in [0.29, 0.717) is 0 Å². The molecule has 6 atom stereocenters. The molecular weight excluding hydrogens is 654 g/mol. The van der Waals surface area contributed by atoms with Gasteiger partial charge in [-0.15, -0.1) is 0 Å². The highest BCUT2D eigenvalue weighted by atomic mass is 16.7. The molecule has 1 amide bonds. The summed E-state index contributed by atoms with van der Waals surface area (Å²) in [7, 11) is 0. The standard InChI is InChI=1S/C36H43NO13/c1-19(38)44-18-30-32(47-21(3)40)33(48-22(4)41)31(46-20(2)39)29(49-30)16-28(34(42)50-36(5,6)7)37-35(43)45-17-27-25-14-10-8-12-23(25)24-13-9-11-15-26(24)27/h8-15,27-33H,16-18H2,1-7H3,(H,37,43)/t28?,29-,30+,31-,32+,33+/m0/s1. The van der Waals surface area contributed by atoms with Crippen LogP contribution in [0.4, 0.5) is 4.79 Å². The van der Waals surface area contributed by atoms with Crippen molar-refractivity contribution in [1.29, 1.82) is 0 Å². The van der Waals surface area contributed by atoms with Crippen LogP contribution in [-0.2, 0) is 57.1 Å². The van der Waals surface area contributed by atoms with E-state index in [4.69, 9.17) is 33.2 Å². The summed E-state index contributed by atoms with van der Waals surface area (Å²) < 4.78 is 39.0. The number of benzene rings is 2. The molecule has 14 nitrogen and oxygen atoms in total. The predicted octanol–water partition coefficient (Wildman–Crippen LogP) is 3.75. The zero-order chi connectivity index (χ0) is 36.7. The first-order valence-electron chi connectivity index (χ1n) is 16.2. The van der Waals surface area contributed by atoms with Crippen molar-refractivity contribution in [2.75, 3.05) is 13.2 Å². The number of alkyl carbamates (subject to hydrolysis) is 1. The molecule has 0 spiro atoms. The van der Waals surface area contributed by atoms with Crippen LogP contribution < -0.4 is 5.32 Å². The molecule has 1 aliphatic carbocycles. The molecule has 0 aromatic heterocycles. The van der Waals surface area contributed by atoms with Gasteiger partial charge in [0, 0.05) is 40.0 Å². The van der Waals surface area contributed by atoms with Crippen molar-refractivity contribution in [3.63, 3.8) is 0 Å². The number of fused-ring (bicyclic) bond motifs is 3. The lowest BCUT2D eigenvalue weighted by Gasteiger charge is -2.45. The van der Waals surface area contributed by atoms with E-state index in [9.17, 15) is 28.8 Å². The predicted molar refractivity (Wildman–Crippen MR) is 174 cm³/mol. The van der Waals surface area contributed by atoms with Crippen LogP contribution in [0.1, 0.15) is 71.9 Å². The van der Waals surface area contributed by atoms with Gasteiger partial charge in [-0.3, -0.25) is 19.2 Å². The van der Waals surface area contributed by atoms with Crippen LogP contribution >= 0.6 is 0 Å². The molecule has 270 valence electrons. The molecule has 0 bridgehead atoms. The normalized spacial score (nSPS) is 21.8. The average Bonchev–Trinajstić information content (AvgIpc) is 3.33. The fraction of sp³-hybridized carbons (Fsp3) is 0.500. The Kier molecular flexibility index (Phi) is 12.2. The Morgan fingerprint density at radius 3 is 1.68 bits per heavy atom. The highest BCUT2D eigenvalue weighted by molar-refractivity contribution is 5.82. The highest BCUT2D eigenvalue weighted by Gasteiger charge is 2.53. The summed E-state index contributed by atoms with van der Waals surface area (Å²) in [4.78, 5) is 75.3. The Morgan fingerprint density at radius 2 is 1.18 bits per heavy atom. The van der Waals surface area contributed by atoms with Crippen LogP contribution in [-0.4, -0.2) is 91.3 Å². The van der Waals surface area contributed by atoms with Crippen molar-refractivity contribution in [2.45, 2.75) is 103 Å². The van der Waals surface area contributed by atoms with Crippen LogP contribution in [0.2, 0.25) is 0 Å². The molecule has 1 N–H and O–H groups in total. The number of nitrogens with one attached hydrogen (secondary N) is 1. The summed E-state index contributed by atoms with van der Waals surface area (Å²) in [6, 6.07) is 14.2. The quantitative estimate of drug-likeness (QED) is 0.265. The Balaban J connectivity index is 1.62. The number of rotatable bonds is 11. The first-order chi connectivity index (χ1) is 23.5. The molecule has 2 aromatic rings. The minimum atomic E-state index is -1.45. The average molecular weight is 698 g/mol. The highest BCUT2D eigenvalue weighted by Crippen LogP contribution is 2.44. The van der Waals surface area contributed by atoms with Gasteiger partial charge in [0.15, 0.2) is 18.3 Å². The lowest BCUT2D eigenvalue weighted by molar-refractivity contribution is -0.254. The molecule has 1 fully saturated rings. The molecule has 2 aromatic carbocycles. The first kappa shape index (κ1) is 37.8. The number of ether oxygens (including phenoxy) is 7. The molecular formula is C36H43NO13. The van der Waals surface area contributed by atoms with Crippen molar-refractivity contribution < 1.29 is 61.9 Å². The van der Waals surface area contributed by atoms with Crippen LogP contribution in [0.25, 0.3) is 11.1 Å². The van der Waals surface area contributed by atoms with Gasteiger partial charge in [0.2, 0.25) is 0 Å². The van der Waals surface area contributed by atoms with Crippen molar-refractivity contribution in [2.24, 2.45) is 0 Å². The summed E-state index contributed by atoms with van der Waals surface area (Å²) in [5.41, 5.74) is 3.07. The molecule has 50 heavy (non-hydrogen) atoms. The third-order valence-corrected chi connectivity index (χ3v) is 7.88. The maximum Gasteiger partial charge on any atom is 0.407 e. The minimum absolute atomic E-state index is 0.0417. The van der Waals surface area contributed by atoms with Gasteiger partial charge >= 0.3 is 35.9 Å². The monoisotopic (exact) mass is 697 g/mol. The summed E-state index contributed by atoms with van der Waals surface area (Å²) in [5, 5.41) is 2.56. The Hall–Kier alpha value is -4.98. The van der Waals surface area contributed by atoms with Crippen molar-refractivity contribution in [3.8, 4) is 11.1 Å². The number of esters is 5. The van der Waals surface area contributed by atoms with Crippen LogP contribution in [0.3, 0.4) is 0 Å². The molecule has 0 radical (unpaired) electrons. The molecule has 1 aliphatic heterocycles. The molecule has 4 rings (SSSR count). The minimum Gasteiger partial charge on any atom is -0.463 e. The fourth-order valence-electron chi connectivity index (χ4n) is 6.11. The van der Waals surface area contributed by atoms with Crippen molar-refractivity contribution >= 4 is 35.9 Å². The van der Waals surface area contributed by atoms with E-state index in [0.717, 1.165) is 49.9 Å². The molecule has 14 heteroatoms. The first-order valence-corrected chi connectivity index (χ1v) is 16.2. The van der Waals surface area contributed by atoms with Crippen LogP contribution in [0, 0.1) is 0 Å². The number of hydrogen-bond donors (Lipinski definition) is 1. The smallest absolute Gasteiger partial charge is 0.407 e. The van der Waals surface area contributed by atoms with E-state index < -0.39 is 91.1 Å². The number of carbonyl (C=O) groups excluding carboxylic acids is 6. The maximum absolute atomic E-state index is 13.6. The second-order valence-corrected chi connectivity index (χ2v) is 13.0. The number of carbonyl (C=O) groups is 6. The summed E-state index contributed by atoms with van der Waals surface area (Å²) in [5.74, 6) is -4.20. The maximum atomic E-state index is 13.6. The van der Waals surface area contributed by atoms with E-state index in [1.807, 2.05) is 48.5 Å². The fourth-order valence-corrected chi connectivity index (χ4v) is 6.11. The topological polar surface area (TPSA) is 179 Å². The van der Waals surface area contributed by atoms with Gasteiger partial charge < -0.3 is 38.5 Å². The summed E-state index contributed by atoms with van der Waals surface area (Å²) >= 11 is 0. The zero-order valence-corrected chi connectivity index (χ0v) is 29.1. The molecule has 2 aliphatic rings. The molecule has 1 unspecified atom stereocenters. The zero-order valence-electron chi connectivity index (χ0n) is 29.1. The van der Waals surface area contributed by atoms with E-state index >= 15 is 0 Å². The summed E-state index contributed by atoms with van der Waals surface area (Å²) in [6.07, 6.45) is -8.13. The lowest BCUT2D eigenvalue weighted by Crippen LogP contribution is -2.63. The Morgan fingerprint density at radius 1 is 0.680 bits per heavy atom. The summed E-state index contributed by atoms with van der Waals surface area (Å²) in [6.45, 7) is 8.90. The Labute approximate surface area is 290 Å². The number of amides is 1. The molecule has 1 heterocycles.